The minimum atomic E-state index is -0.865. The Balaban J connectivity index is 2.13. The molecule has 2 N–H and O–H groups in total. The van der Waals surface area contributed by atoms with Gasteiger partial charge in [-0.1, -0.05) is 26.0 Å². The highest BCUT2D eigenvalue weighted by molar-refractivity contribution is 6.04. The molecule has 21 heavy (non-hydrogen) atoms. The van der Waals surface area contributed by atoms with Crippen molar-refractivity contribution in [2.24, 2.45) is 0 Å². The highest BCUT2D eigenvalue weighted by Crippen LogP contribution is 2.41. The van der Waals surface area contributed by atoms with Crippen LogP contribution in [0.1, 0.15) is 54.7 Å². The quantitative estimate of drug-likeness (QED) is 0.905. The van der Waals surface area contributed by atoms with Crippen molar-refractivity contribution in [3.05, 3.63) is 53.0 Å². The maximum atomic E-state index is 12.1. The fourth-order valence-electron chi connectivity index (χ4n) is 2.95. The third kappa shape index (κ3) is 2.25. The SMILES string of the molecule is CCc1cc2c(c(C(O)c3ccco3)c1)NC(=O)C2CC. The number of hydrogen-bond acceptors (Lipinski definition) is 3. The lowest BCUT2D eigenvalue weighted by Gasteiger charge is -2.15. The summed E-state index contributed by atoms with van der Waals surface area (Å²) in [6.07, 6.45) is 2.28. The molecule has 0 spiro atoms. The van der Waals surface area contributed by atoms with Crippen LogP contribution in [0.3, 0.4) is 0 Å². The van der Waals surface area contributed by atoms with E-state index in [2.05, 4.69) is 18.3 Å². The van der Waals surface area contributed by atoms with Crippen molar-refractivity contribution in [1.29, 1.82) is 0 Å². The average Bonchev–Trinajstić information content (AvgIpc) is 3.12. The molecule has 1 aliphatic rings. The summed E-state index contributed by atoms with van der Waals surface area (Å²) < 4.78 is 5.30. The minimum absolute atomic E-state index is 0.00801. The Labute approximate surface area is 123 Å². The Morgan fingerprint density at radius 2 is 2.19 bits per heavy atom. The van der Waals surface area contributed by atoms with Crippen LogP contribution in [0.25, 0.3) is 0 Å². The van der Waals surface area contributed by atoms with E-state index >= 15 is 0 Å². The van der Waals surface area contributed by atoms with Crippen molar-refractivity contribution in [2.45, 2.75) is 38.7 Å². The smallest absolute Gasteiger partial charge is 0.232 e. The number of hydrogen-bond donors (Lipinski definition) is 2. The summed E-state index contributed by atoms with van der Waals surface area (Å²) in [5.74, 6) is 0.363. The molecule has 110 valence electrons. The third-order valence-corrected chi connectivity index (χ3v) is 4.12. The van der Waals surface area contributed by atoms with E-state index in [0.717, 1.165) is 29.7 Å². The fraction of sp³-hybridized carbons (Fsp3) is 0.353. The number of amides is 1. The Hall–Kier alpha value is -2.07. The Kier molecular flexibility index (Phi) is 3.55. The molecule has 1 aromatic heterocycles. The van der Waals surface area contributed by atoms with E-state index in [0.29, 0.717) is 11.3 Å². The molecule has 0 fully saturated rings. The molecule has 0 saturated carbocycles. The van der Waals surface area contributed by atoms with Crippen molar-refractivity contribution >= 4 is 11.6 Å². The molecule has 4 nitrogen and oxygen atoms in total. The van der Waals surface area contributed by atoms with Crippen LogP contribution < -0.4 is 5.32 Å². The van der Waals surface area contributed by atoms with Gasteiger partial charge in [-0.2, -0.15) is 0 Å². The number of carbonyl (C=O) groups is 1. The van der Waals surface area contributed by atoms with Gasteiger partial charge in [-0.25, -0.2) is 0 Å². The second-order valence-electron chi connectivity index (χ2n) is 5.37. The Morgan fingerprint density at radius 1 is 1.38 bits per heavy atom. The number of aliphatic hydroxyl groups excluding tert-OH is 1. The Bertz CT molecular complexity index is 661. The van der Waals surface area contributed by atoms with Crippen LogP contribution in [0.15, 0.2) is 34.9 Å². The summed E-state index contributed by atoms with van der Waals surface area (Å²) >= 11 is 0. The largest absolute Gasteiger partial charge is 0.466 e. The molecule has 0 radical (unpaired) electrons. The molecule has 4 heteroatoms. The zero-order chi connectivity index (χ0) is 15.0. The van der Waals surface area contributed by atoms with E-state index in [4.69, 9.17) is 4.42 Å². The standard InChI is InChI=1S/C17H19NO3/c1-3-10-8-12-11(4-2)17(20)18-15(12)13(9-10)16(19)14-6-5-7-21-14/h5-9,11,16,19H,3-4H2,1-2H3,(H,18,20). The van der Waals surface area contributed by atoms with Crippen molar-refractivity contribution in [3.8, 4) is 0 Å². The van der Waals surface area contributed by atoms with Gasteiger partial charge in [0, 0.05) is 5.56 Å². The molecular formula is C17H19NO3. The lowest BCUT2D eigenvalue weighted by atomic mass is 9.91. The zero-order valence-electron chi connectivity index (χ0n) is 12.2. The molecule has 3 rings (SSSR count). The van der Waals surface area contributed by atoms with Gasteiger partial charge in [-0.15, -0.1) is 0 Å². The first-order valence-corrected chi connectivity index (χ1v) is 7.34. The zero-order valence-corrected chi connectivity index (χ0v) is 12.2. The van der Waals surface area contributed by atoms with E-state index in [1.807, 2.05) is 13.0 Å². The van der Waals surface area contributed by atoms with Gasteiger partial charge in [-0.3, -0.25) is 4.79 Å². The van der Waals surface area contributed by atoms with E-state index in [1.165, 1.54) is 6.26 Å². The van der Waals surface area contributed by atoms with Crippen molar-refractivity contribution in [3.63, 3.8) is 0 Å². The number of benzene rings is 1. The van der Waals surface area contributed by atoms with Crippen LogP contribution in [0.4, 0.5) is 5.69 Å². The second-order valence-corrected chi connectivity index (χ2v) is 5.37. The summed E-state index contributed by atoms with van der Waals surface area (Å²) in [4.78, 5) is 12.1. The van der Waals surface area contributed by atoms with Crippen molar-refractivity contribution in [2.75, 3.05) is 5.32 Å². The van der Waals surface area contributed by atoms with Crippen LogP contribution in [0.2, 0.25) is 0 Å². The van der Waals surface area contributed by atoms with Gasteiger partial charge >= 0.3 is 0 Å². The van der Waals surface area contributed by atoms with Crippen LogP contribution in [0.5, 0.6) is 0 Å². The molecule has 2 aromatic rings. The van der Waals surface area contributed by atoms with E-state index in [-0.39, 0.29) is 11.8 Å². The van der Waals surface area contributed by atoms with Gasteiger partial charge in [0.05, 0.1) is 17.9 Å². The number of anilines is 1. The van der Waals surface area contributed by atoms with E-state index in [1.54, 1.807) is 12.1 Å². The lowest BCUT2D eigenvalue weighted by molar-refractivity contribution is -0.117. The Morgan fingerprint density at radius 3 is 2.81 bits per heavy atom. The van der Waals surface area contributed by atoms with E-state index < -0.39 is 6.10 Å². The average molecular weight is 285 g/mol. The third-order valence-electron chi connectivity index (χ3n) is 4.12. The van der Waals surface area contributed by atoms with Gasteiger partial charge in [0.1, 0.15) is 11.9 Å². The molecule has 0 aliphatic carbocycles. The molecular weight excluding hydrogens is 266 g/mol. The van der Waals surface area contributed by atoms with Crippen LogP contribution in [0, 0.1) is 0 Å². The van der Waals surface area contributed by atoms with Crippen molar-refractivity contribution in [1.82, 2.24) is 0 Å². The van der Waals surface area contributed by atoms with Gasteiger partial charge in [-0.05, 0) is 36.1 Å². The summed E-state index contributed by atoms with van der Waals surface area (Å²) in [5.41, 5.74) is 3.56. The maximum absolute atomic E-state index is 12.1. The molecule has 1 amide bonds. The molecule has 2 unspecified atom stereocenters. The molecule has 1 aromatic carbocycles. The molecule has 0 saturated heterocycles. The first-order valence-electron chi connectivity index (χ1n) is 7.34. The first-order chi connectivity index (χ1) is 10.2. The topological polar surface area (TPSA) is 62.5 Å². The number of aliphatic hydroxyl groups is 1. The second kappa shape index (κ2) is 5.37. The van der Waals surface area contributed by atoms with Gasteiger partial charge < -0.3 is 14.8 Å². The molecule has 2 atom stereocenters. The number of carbonyl (C=O) groups excluding carboxylic acids is 1. The van der Waals surface area contributed by atoms with Crippen molar-refractivity contribution < 1.29 is 14.3 Å². The maximum Gasteiger partial charge on any atom is 0.232 e. The molecule has 2 heterocycles. The number of furan rings is 1. The summed E-state index contributed by atoms with van der Waals surface area (Å²) in [7, 11) is 0. The van der Waals surface area contributed by atoms with Crippen LogP contribution >= 0.6 is 0 Å². The highest BCUT2D eigenvalue weighted by atomic mass is 16.4. The molecule has 0 bridgehead atoms. The fourth-order valence-corrected chi connectivity index (χ4v) is 2.95. The predicted octanol–water partition coefficient (Wildman–Crippen LogP) is 3.37. The monoisotopic (exact) mass is 285 g/mol. The number of aryl methyl sites for hydroxylation is 1. The van der Waals surface area contributed by atoms with Crippen LogP contribution in [-0.2, 0) is 11.2 Å². The number of nitrogens with one attached hydrogen (secondary N) is 1. The number of fused-ring (bicyclic) bond motifs is 1. The van der Waals surface area contributed by atoms with Gasteiger partial charge in [0.25, 0.3) is 0 Å². The van der Waals surface area contributed by atoms with Gasteiger partial charge in [0.2, 0.25) is 5.91 Å². The highest BCUT2D eigenvalue weighted by Gasteiger charge is 2.33. The van der Waals surface area contributed by atoms with Crippen LogP contribution in [-0.4, -0.2) is 11.0 Å². The number of rotatable bonds is 4. The lowest BCUT2D eigenvalue weighted by Crippen LogP contribution is -2.11. The predicted molar refractivity (Wildman–Crippen MR) is 80.3 cm³/mol. The van der Waals surface area contributed by atoms with Gasteiger partial charge in [0.15, 0.2) is 0 Å². The summed E-state index contributed by atoms with van der Waals surface area (Å²) in [6.45, 7) is 4.07. The minimum Gasteiger partial charge on any atom is -0.466 e. The summed E-state index contributed by atoms with van der Waals surface area (Å²) in [5, 5.41) is 13.5. The first kappa shape index (κ1) is 13.9. The van der Waals surface area contributed by atoms with E-state index in [9.17, 15) is 9.90 Å². The molecule has 1 aliphatic heterocycles. The summed E-state index contributed by atoms with van der Waals surface area (Å²) in [6, 6.07) is 7.50. The normalized spacial score (nSPS) is 18.4.